The van der Waals surface area contributed by atoms with Gasteiger partial charge in [0.05, 0.1) is 37.2 Å². The number of fused-ring (bicyclic) bond motifs is 2. The number of carbonyl (C=O) groups excluding carboxylic acids is 1. The Labute approximate surface area is 283 Å². The topological polar surface area (TPSA) is 98.9 Å². The number of para-hydroxylation sites is 1. The van der Waals surface area contributed by atoms with E-state index in [0.29, 0.717) is 54.5 Å². The lowest BCUT2D eigenvalue weighted by Gasteiger charge is -2.35. The van der Waals surface area contributed by atoms with Crippen molar-refractivity contribution in [3.05, 3.63) is 84.1 Å². The molecule has 1 amide bonds. The molecule has 0 unspecified atom stereocenters. The monoisotopic (exact) mass is 670 g/mol. The number of thiophene rings is 1. The molecule has 9 nitrogen and oxygen atoms in total. The summed E-state index contributed by atoms with van der Waals surface area (Å²) < 4.78 is 35.2. The molecular weight excluding hydrogens is 631 g/mol. The number of hydrogen-bond donors (Lipinski definition) is 1. The fourth-order valence-corrected chi connectivity index (χ4v) is 6.83. The average molecular weight is 671 g/mol. The third-order valence-corrected chi connectivity index (χ3v) is 8.95. The lowest BCUT2D eigenvalue weighted by Crippen LogP contribution is -2.43. The van der Waals surface area contributed by atoms with Crippen molar-refractivity contribution < 1.29 is 28.5 Å². The van der Waals surface area contributed by atoms with Gasteiger partial charge in [-0.05, 0) is 75.9 Å². The van der Waals surface area contributed by atoms with E-state index in [1.807, 2.05) is 80.2 Å². The Morgan fingerprint density at radius 1 is 1.06 bits per heavy atom. The Kier molecular flexibility index (Phi) is 9.52. The van der Waals surface area contributed by atoms with Gasteiger partial charge in [-0.1, -0.05) is 18.2 Å². The molecular formula is C37H39FN4O5S. The van der Waals surface area contributed by atoms with E-state index in [9.17, 15) is 14.3 Å². The summed E-state index contributed by atoms with van der Waals surface area (Å²) in [6.07, 6.45) is 2.13. The van der Waals surface area contributed by atoms with Crippen LogP contribution in [0.3, 0.4) is 0 Å². The van der Waals surface area contributed by atoms with Gasteiger partial charge in [-0.2, -0.15) is 5.10 Å². The van der Waals surface area contributed by atoms with Crippen molar-refractivity contribution in [2.75, 3.05) is 26.4 Å². The van der Waals surface area contributed by atoms with Gasteiger partial charge in [-0.3, -0.25) is 9.58 Å². The highest BCUT2D eigenvalue weighted by molar-refractivity contribution is 7.18. The standard InChI is InChI=1S/C37H39FN4O5S/c1-6-7-18-45-30-11-9-8-10-26(30)33-27-14-20-48-35(27)32(25-13-12-24(38)21-31(25)46-19-17-43)34(39-33)28-22-29-23(2)41(15-16-42(29)40-28)36(44)47-37(3,4)5/h6,8-14,20-23,43H,1,7,15-19H2,2-5H3/t23-/m1/s1. The van der Waals surface area contributed by atoms with Crippen LogP contribution in [-0.4, -0.2) is 62.8 Å². The summed E-state index contributed by atoms with van der Waals surface area (Å²) in [6, 6.07) is 15.8. The summed E-state index contributed by atoms with van der Waals surface area (Å²) in [5.74, 6) is 0.521. The molecule has 6 rings (SSSR count). The molecule has 0 bridgehead atoms. The minimum absolute atomic E-state index is 0.00288. The van der Waals surface area contributed by atoms with E-state index in [-0.39, 0.29) is 31.1 Å². The zero-order valence-corrected chi connectivity index (χ0v) is 28.3. The SMILES string of the molecule is C=CCCOc1ccccc1-c1nc(-c2cc3n(n2)CCN(C(=O)OC(C)(C)C)[C@@H]3C)c(-c2ccc(F)cc2OCCO)c2sccc12. The maximum atomic E-state index is 14.6. The molecule has 0 aliphatic carbocycles. The van der Waals surface area contributed by atoms with Crippen molar-refractivity contribution in [1.82, 2.24) is 19.7 Å². The van der Waals surface area contributed by atoms with Crippen LogP contribution in [0, 0.1) is 5.82 Å². The molecule has 1 aliphatic heterocycles. The highest BCUT2D eigenvalue weighted by Gasteiger charge is 2.33. The number of hydrogen-bond acceptors (Lipinski definition) is 8. The summed E-state index contributed by atoms with van der Waals surface area (Å²) >= 11 is 1.54. The first-order valence-corrected chi connectivity index (χ1v) is 16.8. The van der Waals surface area contributed by atoms with E-state index in [4.69, 9.17) is 24.3 Å². The fourth-order valence-electron chi connectivity index (χ4n) is 5.87. The number of halogens is 1. The van der Waals surface area contributed by atoms with E-state index in [0.717, 1.165) is 26.9 Å². The maximum absolute atomic E-state index is 14.6. The van der Waals surface area contributed by atoms with E-state index >= 15 is 0 Å². The van der Waals surface area contributed by atoms with Gasteiger partial charge < -0.3 is 19.3 Å². The predicted octanol–water partition coefficient (Wildman–Crippen LogP) is 8.27. The first kappa shape index (κ1) is 33.2. The molecule has 0 saturated heterocycles. The molecule has 1 aliphatic rings. The van der Waals surface area contributed by atoms with E-state index in [1.54, 1.807) is 11.0 Å². The van der Waals surface area contributed by atoms with Crippen molar-refractivity contribution >= 4 is 27.5 Å². The predicted molar refractivity (Wildman–Crippen MR) is 186 cm³/mol. The minimum atomic E-state index is -0.623. The van der Waals surface area contributed by atoms with Crippen LogP contribution in [0.15, 0.2) is 72.6 Å². The minimum Gasteiger partial charge on any atom is -0.493 e. The lowest BCUT2D eigenvalue weighted by molar-refractivity contribution is 0.0120. The van der Waals surface area contributed by atoms with Gasteiger partial charge in [0.25, 0.3) is 0 Å². The van der Waals surface area contributed by atoms with Gasteiger partial charge >= 0.3 is 6.09 Å². The summed E-state index contributed by atoms with van der Waals surface area (Å²) in [7, 11) is 0. The summed E-state index contributed by atoms with van der Waals surface area (Å²) in [5, 5.41) is 17.5. The maximum Gasteiger partial charge on any atom is 0.410 e. The lowest BCUT2D eigenvalue weighted by atomic mass is 9.96. The van der Waals surface area contributed by atoms with Gasteiger partial charge in [0.15, 0.2) is 0 Å². The Morgan fingerprint density at radius 2 is 1.85 bits per heavy atom. The van der Waals surface area contributed by atoms with Gasteiger partial charge in [-0.15, -0.1) is 17.9 Å². The number of carbonyl (C=O) groups is 1. The Bertz CT molecular complexity index is 1960. The number of rotatable bonds is 10. The molecule has 4 heterocycles. The molecule has 5 aromatic rings. The fraction of sp³-hybridized carbons (Fsp3) is 0.324. The number of benzene rings is 2. The van der Waals surface area contributed by atoms with Crippen molar-refractivity contribution in [3.8, 4) is 45.3 Å². The highest BCUT2D eigenvalue weighted by Crippen LogP contribution is 2.47. The van der Waals surface area contributed by atoms with E-state index in [2.05, 4.69) is 6.58 Å². The van der Waals surface area contributed by atoms with Gasteiger partial charge in [0.1, 0.15) is 40.9 Å². The molecule has 48 heavy (non-hydrogen) atoms. The average Bonchev–Trinajstić information content (AvgIpc) is 3.72. The van der Waals surface area contributed by atoms with Gasteiger partial charge in [0, 0.05) is 39.4 Å². The summed E-state index contributed by atoms with van der Waals surface area (Å²) in [6.45, 7) is 12.5. The molecule has 0 spiro atoms. The number of aromatic nitrogens is 3. The molecule has 0 fully saturated rings. The van der Waals surface area contributed by atoms with Crippen LogP contribution < -0.4 is 9.47 Å². The molecule has 250 valence electrons. The number of nitrogens with zero attached hydrogens (tertiary/aromatic N) is 4. The number of aliphatic hydroxyl groups excluding tert-OH is 1. The van der Waals surface area contributed by atoms with Crippen molar-refractivity contribution in [2.24, 2.45) is 0 Å². The number of amides is 1. The quantitative estimate of drug-likeness (QED) is 0.118. The van der Waals surface area contributed by atoms with Crippen LogP contribution in [0.2, 0.25) is 0 Å². The van der Waals surface area contributed by atoms with Crippen LogP contribution in [0.1, 0.15) is 45.9 Å². The zero-order valence-electron chi connectivity index (χ0n) is 27.5. The first-order valence-electron chi connectivity index (χ1n) is 15.9. The largest absolute Gasteiger partial charge is 0.493 e. The smallest absolute Gasteiger partial charge is 0.410 e. The molecule has 3 aromatic heterocycles. The van der Waals surface area contributed by atoms with Crippen molar-refractivity contribution in [2.45, 2.75) is 52.3 Å². The van der Waals surface area contributed by atoms with Crippen LogP contribution >= 0.6 is 11.3 Å². The molecule has 0 radical (unpaired) electrons. The zero-order chi connectivity index (χ0) is 34.0. The van der Waals surface area contributed by atoms with E-state index in [1.165, 1.54) is 23.5 Å². The highest BCUT2D eigenvalue weighted by atomic mass is 32.1. The summed E-state index contributed by atoms with van der Waals surface area (Å²) in [4.78, 5) is 20.2. The van der Waals surface area contributed by atoms with Crippen molar-refractivity contribution in [3.63, 3.8) is 0 Å². The molecule has 11 heteroatoms. The Hall–Kier alpha value is -4.74. The molecule has 0 saturated carbocycles. The Balaban J connectivity index is 1.56. The Morgan fingerprint density at radius 3 is 2.62 bits per heavy atom. The normalized spacial score (nSPS) is 14.5. The van der Waals surface area contributed by atoms with Gasteiger partial charge in [0.2, 0.25) is 0 Å². The third kappa shape index (κ3) is 6.65. The van der Waals surface area contributed by atoms with Crippen LogP contribution in [0.25, 0.3) is 43.9 Å². The molecule has 1 atom stereocenters. The first-order chi connectivity index (χ1) is 23.1. The molecule has 1 N–H and O–H groups in total. The second-order valence-electron chi connectivity index (χ2n) is 12.5. The molecule has 2 aromatic carbocycles. The summed E-state index contributed by atoms with van der Waals surface area (Å²) in [5.41, 5.74) is 4.27. The van der Waals surface area contributed by atoms with E-state index < -0.39 is 11.4 Å². The van der Waals surface area contributed by atoms with Gasteiger partial charge in [-0.25, -0.2) is 14.2 Å². The number of pyridine rings is 1. The second kappa shape index (κ2) is 13.8. The van der Waals surface area contributed by atoms with Crippen LogP contribution in [-0.2, 0) is 11.3 Å². The second-order valence-corrected chi connectivity index (χ2v) is 13.4. The third-order valence-electron chi connectivity index (χ3n) is 8.02. The number of aliphatic hydroxyl groups is 1. The van der Waals surface area contributed by atoms with Crippen LogP contribution in [0.5, 0.6) is 11.5 Å². The van der Waals surface area contributed by atoms with Crippen LogP contribution in [0.4, 0.5) is 9.18 Å². The number of ether oxygens (including phenoxy) is 3. The van der Waals surface area contributed by atoms with Crippen molar-refractivity contribution in [1.29, 1.82) is 0 Å².